The first-order chi connectivity index (χ1) is 14.9. The third-order valence-electron chi connectivity index (χ3n) is 5.53. The molecule has 4 rings (SSSR count). The zero-order valence-corrected chi connectivity index (χ0v) is 19.8. The maximum Gasteiger partial charge on any atom is 0.336 e. The van der Waals surface area contributed by atoms with Crippen LogP contribution in [0.5, 0.6) is 11.5 Å². The molecule has 31 heavy (non-hydrogen) atoms. The lowest BCUT2D eigenvalue weighted by atomic mass is 9.79. The van der Waals surface area contributed by atoms with Crippen molar-refractivity contribution in [2.24, 2.45) is 0 Å². The van der Waals surface area contributed by atoms with Gasteiger partial charge >= 0.3 is 5.97 Å². The summed E-state index contributed by atoms with van der Waals surface area (Å²) in [6.45, 7) is 4.23. The SMILES string of the molecule is CCOc1c(I)cc([C@@H]2C(C(=O)OC)=C(C)NC3=C2C(=O)c2ccccc23)cc1OC. The monoisotopic (exact) mass is 531 g/mol. The predicted octanol–water partition coefficient (Wildman–Crippen LogP) is 4.44. The molecule has 0 bridgehead atoms. The number of dihydropyridines is 1. The van der Waals surface area contributed by atoms with E-state index in [1.165, 1.54) is 7.11 Å². The Hall–Kier alpha value is -2.81. The van der Waals surface area contributed by atoms with E-state index in [1.807, 2.05) is 50.2 Å². The Balaban J connectivity index is 1.96. The van der Waals surface area contributed by atoms with Crippen LogP contribution in [0, 0.1) is 3.57 Å². The van der Waals surface area contributed by atoms with Gasteiger partial charge in [-0.3, -0.25) is 4.79 Å². The number of esters is 1. The van der Waals surface area contributed by atoms with E-state index in [4.69, 9.17) is 14.2 Å². The summed E-state index contributed by atoms with van der Waals surface area (Å²) in [6.07, 6.45) is 0. The van der Waals surface area contributed by atoms with Crippen molar-refractivity contribution in [3.05, 3.63) is 73.5 Å². The van der Waals surface area contributed by atoms with Gasteiger partial charge in [0.05, 0.1) is 35.7 Å². The first-order valence-electron chi connectivity index (χ1n) is 9.87. The summed E-state index contributed by atoms with van der Waals surface area (Å²) in [7, 11) is 2.92. The highest BCUT2D eigenvalue weighted by Gasteiger charge is 2.43. The van der Waals surface area contributed by atoms with E-state index in [0.29, 0.717) is 40.5 Å². The Morgan fingerprint density at radius 3 is 2.52 bits per heavy atom. The molecule has 6 nitrogen and oxygen atoms in total. The van der Waals surface area contributed by atoms with Crippen molar-refractivity contribution in [1.82, 2.24) is 5.32 Å². The van der Waals surface area contributed by atoms with Crippen molar-refractivity contribution >= 4 is 40.0 Å². The molecule has 0 unspecified atom stereocenters. The second-order valence-electron chi connectivity index (χ2n) is 7.22. The zero-order valence-electron chi connectivity index (χ0n) is 17.7. The highest BCUT2D eigenvalue weighted by Crippen LogP contribution is 2.48. The number of hydrogen-bond donors (Lipinski definition) is 1. The molecule has 0 saturated carbocycles. The molecule has 1 aliphatic carbocycles. The molecule has 0 fully saturated rings. The number of methoxy groups -OCH3 is 2. The number of ketones is 1. The van der Waals surface area contributed by atoms with E-state index in [9.17, 15) is 9.59 Å². The van der Waals surface area contributed by atoms with Crippen LogP contribution in [0.4, 0.5) is 0 Å². The van der Waals surface area contributed by atoms with Gasteiger partial charge in [0.15, 0.2) is 17.3 Å². The number of allylic oxidation sites excluding steroid dienone is 2. The smallest absolute Gasteiger partial charge is 0.336 e. The van der Waals surface area contributed by atoms with E-state index in [-0.39, 0.29) is 5.78 Å². The summed E-state index contributed by atoms with van der Waals surface area (Å²) in [4.78, 5) is 26.3. The summed E-state index contributed by atoms with van der Waals surface area (Å²) >= 11 is 2.19. The van der Waals surface area contributed by atoms with Gasteiger partial charge in [0.2, 0.25) is 0 Å². The number of hydrogen-bond acceptors (Lipinski definition) is 6. The molecule has 1 aliphatic heterocycles. The van der Waals surface area contributed by atoms with Crippen LogP contribution in [0.2, 0.25) is 0 Å². The number of ether oxygens (including phenoxy) is 3. The van der Waals surface area contributed by atoms with Gasteiger partial charge in [-0.2, -0.15) is 0 Å². The highest BCUT2D eigenvalue weighted by atomic mass is 127. The molecular formula is C24H22INO5. The lowest BCUT2D eigenvalue weighted by Gasteiger charge is -2.29. The summed E-state index contributed by atoms with van der Waals surface area (Å²) in [5.74, 6) is 0.0165. The van der Waals surface area contributed by atoms with Crippen molar-refractivity contribution in [3.8, 4) is 11.5 Å². The van der Waals surface area contributed by atoms with E-state index in [0.717, 1.165) is 20.4 Å². The second kappa shape index (κ2) is 8.37. The maximum absolute atomic E-state index is 13.5. The topological polar surface area (TPSA) is 73.9 Å². The van der Waals surface area contributed by atoms with Gasteiger partial charge in [-0.25, -0.2) is 4.79 Å². The molecule has 0 radical (unpaired) electrons. The minimum Gasteiger partial charge on any atom is -0.493 e. The fraction of sp³-hybridized carbons (Fsp3) is 0.250. The number of nitrogens with one attached hydrogen (secondary N) is 1. The standard InChI is InChI=1S/C24H22INO5/c1-5-31-23-16(25)10-13(11-17(23)29-3)19-18(24(28)30-4)12(2)26-21-14-8-6-7-9-15(14)22(27)20(19)21/h6-11,19,26H,5H2,1-4H3/t19-/m1/s1. The number of carbonyl (C=O) groups is 2. The third kappa shape index (κ3) is 3.40. The fourth-order valence-electron chi connectivity index (χ4n) is 4.23. The average Bonchev–Trinajstić information content (AvgIpc) is 3.05. The Morgan fingerprint density at radius 1 is 1.16 bits per heavy atom. The molecule has 0 spiro atoms. The first-order valence-corrected chi connectivity index (χ1v) is 10.9. The van der Waals surface area contributed by atoms with Crippen LogP contribution in [0.3, 0.4) is 0 Å². The van der Waals surface area contributed by atoms with Crippen molar-refractivity contribution in [2.45, 2.75) is 19.8 Å². The molecule has 7 heteroatoms. The van der Waals surface area contributed by atoms with Crippen LogP contribution in [-0.4, -0.2) is 32.6 Å². The molecule has 1 heterocycles. The first kappa shape index (κ1) is 21.4. The Labute approximate surface area is 194 Å². The number of carbonyl (C=O) groups excluding carboxylic acids is 2. The van der Waals surface area contributed by atoms with E-state index in [2.05, 4.69) is 27.9 Å². The summed E-state index contributed by atoms with van der Waals surface area (Å²) in [5.41, 5.74) is 4.56. The van der Waals surface area contributed by atoms with Gasteiger partial charge in [-0.05, 0) is 54.1 Å². The summed E-state index contributed by atoms with van der Waals surface area (Å²) < 4.78 is 17.3. The maximum atomic E-state index is 13.5. The van der Waals surface area contributed by atoms with E-state index in [1.54, 1.807) is 7.11 Å². The molecule has 0 saturated heterocycles. The number of Topliss-reactive ketones (excluding diaryl/α,β-unsaturated/α-hetero) is 1. The number of benzene rings is 2. The third-order valence-corrected chi connectivity index (χ3v) is 6.33. The fourth-order valence-corrected chi connectivity index (χ4v) is 5.01. The summed E-state index contributed by atoms with van der Waals surface area (Å²) in [5, 5.41) is 3.28. The van der Waals surface area contributed by atoms with Crippen molar-refractivity contribution in [1.29, 1.82) is 0 Å². The largest absolute Gasteiger partial charge is 0.493 e. The van der Waals surface area contributed by atoms with Crippen molar-refractivity contribution in [3.63, 3.8) is 0 Å². The minimum absolute atomic E-state index is 0.0973. The van der Waals surface area contributed by atoms with Crippen LogP contribution in [-0.2, 0) is 9.53 Å². The Bertz CT molecular complexity index is 1160. The number of fused-ring (bicyclic) bond motifs is 2. The van der Waals surface area contributed by atoms with Gasteiger partial charge < -0.3 is 19.5 Å². The molecule has 0 aromatic heterocycles. The molecule has 2 aromatic carbocycles. The molecule has 1 atom stereocenters. The predicted molar refractivity (Wildman–Crippen MR) is 125 cm³/mol. The molecule has 0 amide bonds. The number of halogens is 1. The number of rotatable bonds is 5. The van der Waals surface area contributed by atoms with Crippen LogP contribution in [0.1, 0.15) is 41.3 Å². The van der Waals surface area contributed by atoms with Gasteiger partial charge in [-0.15, -0.1) is 0 Å². The van der Waals surface area contributed by atoms with Gasteiger partial charge in [-0.1, -0.05) is 24.3 Å². The van der Waals surface area contributed by atoms with E-state index >= 15 is 0 Å². The molecule has 1 N–H and O–H groups in total. The van der Waals surface area contributed by atoms with Gasteiger partial charge in [0, 0.05) is 28.3 Å². The van der Waals surface area contributed by atoms with Crippen LogP contribution in [0.15, 0.2) is 53.2 Å². The minimum atomic E-state index is -0.596. The van der Waals surface area contributed by atoms with Crippen LogP contribution in [0.25, 0.3) is 5.70 Å². The highest BCUT2D eigenvalue weighted by molar-refractivity contribution is 14.1. The zero-order chi connectivity index (χ0) is 22.3. The summed E-state index contributed by atoms with van der Waals surface area (Å²) in [6, 6.07) is 11.2. The van der Waals surface area contributed by atoms with Gasteiger partial charge in [0.25, 0.3) is 0 Å². The molecule has 2 aromatic rings. The van der Waals surface area contributed by atoms with Crippen LogP contribution < -0.4 is 14.8 Å². The van der Waals surface area contributed by atoms with Crippen LogP contribution >= 0.6 is 22.6 Å². The normalized spacial score (nSPS) is 17.2. The quantitative estimate of drug-likeness (QED) is 0.455. The Kier molecular flexibility index (Phi) is 5.79. The lowest BCUT2D eigenvalue weighted by Crippen LogP contribution is -2.29. The molecular weight excluding hydrogens is 509 g/mol. The second-order valence-corrected chi connectivity index (χ2v) is 8.38. The Morgan fingerprint density at radius 2 is 1.87 bits per heavy atom. The van der Waals surface area contributed by atoms with E-state index < -0.39 is 11.9 Å². The van der Waals surface area contributed by atoms with Gasteiger partial charge in [0.1, 0.15) is 0 Å². The lowest BCUT2D eigenvalue weighted by molar-refractivity contribution is -0.136. The van der Waals surface area contributed by atoms with Crippen molar-refractivity contribution in [2.75, 3.05) is 20.8 Å². The average molecular weight is 531 g/mol. The van der Waals surface area contributed by atoms with Crippen molar-refractivity contribution < 1.29 is 23.8 Å². The molecule has 2 aliphatic rings. The molecule has 160 valence electrons.